The number of nitrogens with one attached hydrogen (secondary N) is 1. The Labute approximate surface area is 170 Å². The summed E-state index contributed by atoms with van der Waals surface area (Å²) in [6.07, 6.45) is 4.91. The van der Waals surface area contributed by atoms with Crippen molar-refractivity contribution in [2.45, 2.75) is 19.4 Å². The van der Waals surface area contributed by atoms with Gasteiger partial charge in [0.15, 0.2) is 0 Å². The van der Waals surface area contributed by atoms with E-state index in [0.29, 0.717) is 18.7 Å². The van der Waals surface area contributed by atoms with Gasteiger partial charge in [0.25, 0.3) is 5.91 Å². The number of hydrogen-bond donors (Lipinski definition) is 1. The van der Waals surface area contributed by atoms with Gasteiger partial charge in [-0.2, -0.15) is 0 Å². The number of ether oxygens (including phenoxy) is 1. The van der Waals surface area contributed by atoms with E-state index in [4.69, 9.17) is 4.74 Å². The first-order valence-electron chi connectivity index (χ1n) is 9.78. The Balaban J connectivity index is 1.34. The second-order valence-electron chi connectivity index (χ2n) is 7.02. The van der Waals surface area contributed by atoms with E-state index >= 15 is 0 Å². The van der Waals surface area contributed by atoms with E-state index in [0.717, 1.165) is 36.6 Å². The largest absolute Gasteiger partial charge is 0.496 e. The maximum Gasteiger partial charge on any atom is 0.271 e. The number of methoxy groups -OCH3 is 1. The van der Waals surface area contributed by atoms with Gasteiger partial charge in [-0.25, -0.2) is 9.97 Å². The summed E-state index contributed by atoms with van der Waals surface area (Å²) in [5.74, 6) is 1.40. The van der Waals surface area contributed by atoms with Crippen LogP contribution in [0.3, 0.4) is 0 Å². The van der Waals surface area contributed by atoms with Gasteiger partial charge >= 0.3 is 0 Å². The third-order valence-electron chi connectivity index (χ3n) is 5.20. The van der Waals surface area contributed by atoms with Gasteiger partial charge in [0, 0.05) is 19.6 Å². The summed E-state index contributed by atoms with van der Waals surface area (Å²) in [6, 6.07) is 16.3. The molecule has 6 nitrogen and oxygen atoms in total. The molecule has 0 unspecified atom stereocenters. The molecule has 1 amide bonds. The van der Waals surface area contributed by atoms with Crippen molar-refractivity contribution in [2.24, 2.45) is 0 Å². The SMILES string of the molecule is COc1ccccc1CCNC(=O)c1cnc(N2CCc3ccccc3C2)cn1. The molecule has 0 spiro atoms. The van der Waals surface area contributed by atoms with Gasteiger partial charge in [-0.1, -0.05) is 42.5 Å². The zero-order chi connectivity index (χ0) is 20.1. The average Bonchev–Trinajstić information content (AvgIpc) is 2.79. The number of benzene rings is 2. The van der Waals surface area contributed by atoms with Crippen molar-refractivity contribution >= 4 is 11.7 Å². The monoisotopic (exact) mass is 388 g/mol. The molecule has 3 aromatic rings. The summed E-state index contributed by atoms with van der Waals surface area (Å²) < 4.78 is 5.34. The molecule has 0 bridgehead atoms. The first kappa shape index (κ1) is 18.9. The number of hydrogen-bond acceptors (Lipinski definition) is 5. The lowest BCUT2D eigenvalue weighted by molar-refractivity contribution is 0.0948. The summed E-state index contributed by atoms with van der Waals surface area (Å²) >= 11 is 0. The summed E-state index contributed by atoms with van der Waals surface area (Å²) in [4.78, 5) is 23.4. The number of carbonyl (C=O) groups excluding carboxylic acids is 1. The molecule has 1 aromatic heterocycles. The zero-order valence-corrected chi connectivity index (χ0v) is 16.5. The minimum Gasteiger partial charge on any atom is -0.496 e. The Morgan fingerprint density at radius 1 is 1.07 bits per heavy atom. The van der Waals surface area contributed by atoms with Gasteiger partial charge < -0.3 is 15.0 Å². The molecule has 0 radical (unpaired) electrons. The lowest BCUT2D eigenvalue weighted by atomic mass is 10.0. The number of anilines is 1. The topological polar surface area (TPSA) is 67.3 Å². The van der Waals surface area contributed by atoms with Crippen molar-refractivity contribution in [1.29, 1.82) is 0 Å². The third kappa shape index (κ3) is 4.37. The fourth-order valence-electron chi connectivity index (χ4n) is 3.60. The molecular formula is C23H24N4O2. The van der Waals surface area contributed by atoms with Crippen LogP contribution in [0.25, 0.3) is 0 Å². The van der Waals surface area contributed by atoms with Crippen molar-refractivity contribution in [2.75, 3.05) is 25.1 Å². The summed E-state index contributed by atoms with van der Waals surface area (Å²) in [7, 11) is 1.65. The first-order valence-corrected chi connectivity index (χ1v) is 9.78. The number of carbonyl (C=O) groups is 1. The van der Waals surface area contributed by atoms with Crippen molar-refractivity contribution in [3.8, 4) is 5.75 Å². The number of nitrogens with zero attached hydrogens (tertiary/aromatic N) is 3. The summed E-state index contributed by atoms with van der Waals surface area (Å²) in [6.45, 7) is 2.22. The normalized spacial score (nSPS) is 12.9. The lowest BCUT2D eigenvalue weighted by Crippen LogP contribution is -2.31. The molecule has 1 N–H and O–H groups in total. The van der Waals surface area contributed by atoms with Gasteiger partial charge in [-0.3, -0.25) is 4.79 Å². The van der Waals surface area contributed by atoms with Crippen LogP contribution >= 0.6 is 0 Å². The second-order valence-corrected chi connectivity index (χ2v) is 7.02. The van der Waals surface area contributed by atoms with Crippen LogP contribution in [-0.2, 0) is 19.4 Å². The van der Waals surface area contributed by atoms with E-state index in [-0.39, 0.29) is 5.91 Å². The molecule has 2 aromatic carbocycles. The molecule has 1 aliphatic heterocycles. The zero-order valence-electron chi connectivity index (χ0n) is 16.5. The van der Waals surface area contributed by atoms with Crippen molar-refractivity contribution < 1.29 is 9.53 Å². The van der Waals surface area contributed by atoms with Crippen LogP contribution in [-0.4, -0.2) is 36.1 Å². The molecule has 0 atom stereocenters. The van der Waals surface area contributed by atoms with Crippen molar-refractivity contribution in [3.63, 3.8) is 0 Å². The van der Waals surface area contributed by atoms with Crippen LogP contribution < -0.4 is 15.0 Å². The van der Waals surface area contributed by atoms with E-state index in [9.17, 15) is 4.79 Å². The quantitative estimate of drug-likeness (QED) is 0.703. The van der Waals surface area contributed by atoms with E-state index in [2.05, 4.69) is 44.5 Å². The number of amides is 1. The van der Waals surface area contributed by atoms with Crippen LogP contribution in [0.5, 0.6) is 5.75 Å². The highest BCUT2D eigenvalue weighted by Gasteiger charge is 2.18. The highest BCUT2D eigenvalue weighted by atomic mass is 16.5. The number of fused-ring (bicyclic) bond motifs is 1. The molecular weight excluding hydrogens is 364 g/mol. The summed E-state index contributed by atoms with van der Waals surface area (Å²) in [5.41, 5.74) is 4.09. The third-order valence-corrected chi connectivity index (χ3v) is 5.20. The maximum atomic E-state index is 12.4. The van der Waals surface area contributed by atoms with E-state index < -0.39 is 0 Å². The highest BCUT2D eigenvalue weighted by Crippen LogP contribution is 2.22. The molecule has 0 fully saturated rings. The van der Waals surface area contributed by atoms with E-state index in [1.54, 1.807) is 19.5 Å². The van der Waals surface area contributed by atoms with Crippen LogP contribution in [0.15, 0.2) is 60.9 Å². The molecule has 6 heteroatoms. The highest BCUT2D eigenvalue weighted by molar-refractivity contribution is 5.92. The number of rotatable bonds is 6. The minimum atomic E-state index is -0.220. The molecule has 148 valence electrons. The molecule has 1 aliphatic rings. The van der Waals surface area contributed by atoms with Crippen LogP contribution in [0.4, 0.5) is 5.82 Å². The smallest absolute Gasteiger partial charge is 0.271 e. The standard InChI is InChI=1S/C23H24N4O2/c1-29-21-9-5-4-7-18(21)10-12-24-23(28)20-14-26-22(15-25-20)27-13-11-17-6-2-3-8-19(17)16-27/h2-9,14-15H,10-13,16H2,1H3,(H,24,28). The van der Waals surface area contributed by atoms with Gasteiger partial charge in [0.1, 0.15) is 17.3 Å². The fraction of sp³-hybridized carbons (Fsp3) is 0.261. The van der Waals surface area contributed by atoms with E-state index in [1.807, 2.05) is 24.3 Å². The minimum absolute atomic E-state index is 0.220. The van der Waals surface area contributed by atoms with Gasteiger partial charge in [-0.15, -0.1) is 0 Å². The Kier molecular flexibility index (Phi) is 5.70. The predicted octanol–water partition coefficient (Wildman–Crippen LogP) is 3.02. The second kappa shape index (κ2) is 8.73. The summed E-state index contributed by atoms with van der Waals surface area (Å²) in [5, 5.41) is 2.90. The predicted molar refractivity (Wildman–Crippen MR) is 112 cm³/mol. The molecule has 29 heavy (non-hydrogen) atoms. The molecule has 0 aliphatic carbocycles. The molecule has 4 rings (SSSR count). The first-order chi connectivity index (χ1) is 14.2. The number of aromatic nitrogens is 2. The van der Waals surface area contributed by atoms with Gasteiger partial charge in [0.05, 0.1) is 19.5 Å². The lowest BCUT2D eigenvalue weighted by Gasteiger charge is -2.29. The van der Waals surface area contributed by atoms with Crippen LogP contribution in [0, 0.1) is 0 Å². The van der Waals surface area contributed by atoms with Crippen molar-refractivity contribution in [1.82, 2.24) is 15.3 Å². The molecule has 2 heterocycles. The Bertz CT molecular complexity index is 988. The molecule has 0 saturated heterocycles. The number of para-hydroxylation sites is 1. The Morgan fingerprint density at radius 2 is 1.86 bits per heavy atom. The maximum absolute atomic E-state index is 12.4. The van der Waals surface area contributed by atoms with Crippen LogP contribution in [0.2, 0.25) is 0 Å². The fourth-order valence-corrected chi connectivity index (χ4v) is 3.60. The van der Waals surface area contributed by atoms with E-state index in [1.165, 1.54) is 11.1 Å². The van der Waals surface area contributed by atoms with Crippen molar-refractivity contribution in [3.05, 3.63) is 83.3 Å². The van der Waals surface area contributed by atoms with Gasteiger partial charge in [0.2, 0.25) is 0 Å². The molecule has 0 saturated carbocycles. The van der Waals surface area contributed by atoms with Crippen LogP contribution in [0.1, 0.15) is 27.2 Å². The van der Waals surface area contributed by atoms with Gasteiger partial charge in [-0.05, 0) is 35.6 Å². The average molecular weight is 388 g/mol. The Morgan fingerprint density at radius 3 is 2.66 bits per heavy atom. The Hall–Kier alpha value is -3.41.